The van der Waals surface area contributed by atoms with E-state index in [4.69, 9.17) is 4.52 Å². The molecular formula is C23H28N4O6S. The lowest BCUT2D eigenvalue weighted by atomic mass is 9.62. The van der Waals surface area contributed by atoms with Crippen molar-refractivity contribution < 1.29 is 27.3 Å². The van der Waals surface area contributed by atoms with Crippen LogP contribution in [0.2, 0.25) is 0 Å². The number of hydrogen-bond donors (Lipinski definition) is 2. The van der Waals surface area contributed by atoms with E-state index in [1.54, 1.807) is 6.92 Å². The van der Waals surface area contributed by atoms with E-state index in [1.165, 1.54) is 35.2 Å². The van der Waals surface area contributed by atoms with Crippen molar-refractivity contribution in [2.24, 2.45) is 16.7 Å². The largest absolute Gasteiger partial charge is 0.360 e. The van der Waals surface area contributed by atoms with Gasteiger partial charge < -0.3 is 9.84 Å². The smallest absolute Gasteiger partial charge is 0.263 e. The normalized spacial score (nSPS) is 23.8. The Balaban J connectivity index is 1.36. The molecule has 2 heterocycles. The Labute approximate surface area is 198 Å². The van der Waals surface area contributed by atoms with Crippen molar-refractivity contribution >= 4 is 39.3 Å². The predicted molar refractivity (Wildman–Crippen MR) is 123 cm³/mol. The Morgan fingerprint density at radius 1 is 1.21 bits per heavy atom. The molecule has 34 heavy (non-hydrogen) atoms. The van der Waals surface area contributed by atoms with E-state index >= 15 is 0 Å². The Kier molecular flexibility index (Phi) is 5.79. The third-order valence-electron chi connectivity index (χ3n) is 7.39. The molecule has 1 aliphatic heterocycles. The van der Waals surface area contributed by atoms with Crippen LogP contribution in [0.25, 0.3) is 0 Å². The molecule has 2 aromatic rings. The lowest BCUT2D eigenvalue weighted by Crippen LogP contribution is -2.59. The molecular weight excluding hydrogens is 460 g/mol. The fourth-order valence-corrected chi connectivity index (χ4v) is 5.86. The number of sulfonamides is 1. The molecule has 0 radical (unpaired) electrons. The molecule has 2 atom stereocenters. The molecule has 2 unspecified atom stereocenters. The molecule has 2 aliphatic rings. The van der Waals surface area contributed by atoms with Gasteiger partial charge in [0.1, 0.15) is 5.76 Å². The summed E-state index contributed by atoms with van der Waals surface area (Å²) in [7, 11) is -3.87. The monoisotopic (exact) mass is 488 g/mol. The van der Waals surface area contributed by atoms with Crippen molar-refractivity contribution in [1.29, 1.82) is 0 Å². The molecule has 182 valence electrons. The van der Waals surface area contributed by atoms with Crippen molar-refractivity contribution in [2.45, 2.75) is 51.9 Å². The number of piperidine rings is 1. The van der Waals surface area contributed by atoms with Gasteiger partial charge >= 0.3 is 0 Å². The highest BCUT2D eigenvalue weighted by atomic mass is 32.2. The fraction of sp³-hybridized carbons (Fsp3) is 0.478. The number of amides is 3. The van der Waals surface area contributed by atoms with Gasteiger partial charge in [-0.2, -0.15) is 0 Å². The van der Waals surface area contributed by atoms with Gasteiger partial charge in [-0.15, -0.1) is 0 Å². The average Bonchev–Trinajstić information content (AvgIpc) is 3.24. The average molecular weight is 489 g/mol. The highest BCUT2D eigenvalue weighted by molar-refractivity contribution is 7.92. The second-order valence-corrected chi connectivity index (χ2v) is 11.4. The summed E-state index contributed by atoms with van der Waals surface area (Å²) in [5, 5.41) is 6.28. The molecule has 1 saturated carbocycles. The minimum atomic E-state index is -3.87. The minimum absolute atomic E-state index is 0.0120. The summed E-state index contributed by atoms with van der Waals surface area (Å²) in [6, 6.07) is 7.08. The maximum atomic E-state index is 13.1. The quantitative estimate of drug-likeness (QED) is 0.571. The second kappa shape index (κ2) is 8.23. The fourth-order valence-electron chi connectivity index (χ4n) is 4.88. The van der Waals surface area contributed by atoms with Gasteiger partial charge in [0.15, 0.2) is 5.82 Å². The molecule has 10 nitrogen and oxygen atoms in total. The molecule has 11 heteroatoms. The SMILES string of the molecule is Cc1cc(NS(=O)(=O)c2ccc(NC(=O)CCN3C(=O)C4CCC(C)(C3=O)C4(C)C)cc2)no1. The van der Waals surface area contributed by atoms with Crippen LogP contribution in [0.15, 0.2) is 39.8 Å². The van der Waals surface area contributed by atoms with E-state index < -0.39 is 20.9 Å². The van der Waals surface area contributed by atoms with Gasteiger partial charge in [-0.25, -0.2) is 8.42 Å². The van der Waals surface area contributed by atoms with Gasteiger partial charge in [0, 0.05) is 30.6 Å². The van der Waals surface area contributed by atoms with Gasteiger partial charge in [-0.3, -0.25) is 24.0 Å². The zero-order chi connectivity index (χ0) is 24.9. The summed E-state index contributed by atoms with van der Waals surface area (Å²) in [6.45, 7) is 7.50. The maximum absolute atomic E-state index is 13.1. The van der Waals surface area contributed by atoms with Gasteiger partial charge in [0.25, 0.3) is 10.0 Å². The Hall–Kier alpha value is -3.21. The van der Waals surface area contributed by atoms with Crippen LogP contribution < -0.4 is 10.0 Å². The number of anilines is 2. The number of nitrogens with zero attached hydrogens (tertiary/aromatic N) is 2. The van der Waals surface area contributed by atoms with Gasteiger partial charge in [-0.05, 0) is 49.4 Å². The Morgan fingerprint density at radius 2 is 1.88 bits per heavy atom. The third kappa shape index (κ3) is 3.97. The van der Waals surface area contributed by atoms with Crippen LogP contribution >= 0.6 is 0 Å². The highest BCUT2D eigenvalue weighted by Gasteiger charge is 2.64. The first-order valence-corrected chi connectivity index (χ1v) is 12.6. The van der Waals surface area contributed by atoms with Crippen LogP contribution in [0.5, 0.6) is 0 Å². The number of rotatable bonds is 7. The minimum Gasteiger partial charge on any atom is -0.360 e. The summed E-state index contributed by atoms with van der Waals surface area (Å²) < 4.78 is 32.1. The Bertz CT molecular complexity index is 1250. The van der Waals surface area contributed by atoms with E-state index in [1.807, 2.05) is 20.8 Å². The first-order chi connectivity index (χ1) is 15.8. The summed E-state index contributed by atoms with van der Waals surface area (Å²) >= 11 is 0. The number of likely N-dealkylation sites (tertiary alicyclic amines) is 1. The van der Waals surface area contributed by atoms with Gasteiger partial charge in [-0.1, -0.05) is 25.9 Å². The van der Waals surface area contributed by atoms with Crippen molar-refractivity contribution in [3.63, 3.8) is 0 Å². The molecule has 2 bridgehead atoms. The topological polar surface area (TPSA) is 139 Å². The molecule has 1 saturated heterocycles. The van der Waals surface area contributed by atoms with Crippen molar-refractivity contribution in [1.82, 2.24) is 10.1 Å². The Morgan fingerprint density at radius 3 is 2.50 bits per heavy atom. The number of fused-ring (bicyclic) bond motifs is 2. The van der Waals surface area contributed by atoms with Crippen molar-refractivity contribution in [3.05, 3.63) is 36.1 Å². The van der Waals surface area contributed by atoms with Crippen LogP contribution in [-0.4, -0.2) is 42.7 Å². The van der Waals surface area contributed by atoms with Crippen LogP contribution in [-0.2, 0) is 24.4 Å². The predicted octanol–water partition coefficient (Wildman–Crippen LogP) is 2.92. The van der Waals surface area contributed by atoms with E-state index in [2.05, 4.69) is 15.2 Å². The zero-order valence-corrected chi connectivity index (χ0v) is 20.4. The molecule has 1 aromatic carbocycles. The van der Waals surface area contributed by atoms with Crippen LogP contribution in [0.4, 0.5) is 11.5 Å². The molecule has 1 aromatic heterocycles. The lowest BCUT2D eigenvalue weighted by Gasteiger charge is -2.47. The van der Waals surface area contributed by atoms with E-state index in [0.717, 1.165) is 0 Å². The molecule has 1 aliphatic carbocycles. The van der Waals surface area contributed by atoms with Crippen LogP contribution in [0.3, 0.4) is 0 Å². The summed E-state index contributed by atoms with van der Waals surface area (Å²) in [5.41, 5.74) is -0.614. The number of nitrogens with one attached hydrogen (secondary N) is 2. The number of aromatic nitrogens is 1. The van der Waals surface area contributed by atoms with E-state index in [9.17, 15) is 22.8 Å². The summed E-state index contributed by atoms with van der Waals surface area (Å²) in [6.07, 6.45) is 1.29. The first-order valence-electron chi connectivity index (χ1n) is 11.1. The molecule has 4 rings (SSSR count). The van der Waals surface area contributed by atoms with E-state index in [-0.39, 0.29) is 47.3 Å². The molecule has 2 fully saturated rings. The number of aryl methyl sites for hydroxylation is 1. The number of hydrogen-bond acceptors (Lipinski definition) is 7. The molecule has 2 N–H and O–H groups in total. The standard InChI is InChI=1S/C23H28N4O6S/c1-14-13-18(25-33-14)26-34(31,32)16-7-5-15(6-8-16)24-19(28)10-12-27-20(29)17-9-11-23(4,21(27)30)22(17,2)3/h5-8,13,17H,9-12H2,1-4H3,(H,24,28)(H,25,26). The zero-order valence-electron chi connectivity index (χ0n) is 19.5. The van der Waals surface area contributed by atoms with Crippen molar-refractivity contribution in [3.8, 4) is 0 Å². The lowest BCUT2D eigenvalue weighted by molar-refractivity contribution is -0.167. The maximum Gasteiger partial charge on any atom is 0.263 e. The summed E-state index contributed by atoms with van der Waals surface area (Å²) in [4.78, 5) is 39.6. The number of imide groups is 1. The van der Waals surface area contributed by atoms with E-state index in [0.29, 0.717) is 24.3 Å². The van der Waals surface area contributed by atoms with Crippen molar-refractivity contribution in [2.75, 3.05) is 16.6 Å². The highest BCUT2D eigenvalue weighted by Crippen LogP contribution is 2.60. The van der Waals surface area contributed by atoms with Crippen LogP contribution in [0.1, 0.15) is 45.8 Å². The number of carbonyl (C=O) groups is 3. The van der Waals surface area contributed by atoms with Gasteiger partial charge in [0.05, 0.1) is 10.3 Å². The number of benzene rings is 1. The second-order valence-electron chi connectivity index (χ2n) is 9.69. The number of carbonyl (C=O) groups excluding carboxylic acids is 3. The van der Waals surface area contributed by atoms with Crippen LogP contribution in [0, 0.1) is 23.7 Å². The molecule has 3 amide bonds. The molecule has 0 spiro atoms. The summed E-state index contributed by atoms with van der Waals surface area (Å²) in [5.74, 6) is -0.482. The first kappa shape index (κ1) is 23.9. The van der Waals surface area contributed by atoms with Gasteiger partial charge in [0.2, 0.25) is 17.7 Å². The third-order valence-corrected chi connectivity index (χ3v) is 8.76.